The quantitative estimate of drug-likeness (QED) is 0.622. The molecule has 0 saturated carbocycles. The first-order chi connectivity index (χ1) is 5.66. The van der Waals surface area contributed by atoms with Gasteiger partial charge in [-0.2, -0.15) is 0 Å². The summed E-state index contributed by atoms with van der Waals surface area (Å²) in [6.45, 7) is 4.10. The van der Waals surface area contributed by atoms with Crippen LogP contribution in [0.3, 0.4) is 0 Å². The first-order valence-corrected chi connectivity index (χ1v) is 3.94. The second kappa shape index (κ2) is 3.42. The Morgan fingerprint density at radius 1 is 1.42 bits per heavy atom. The zero-order chi connectivity index (χ0) is 9.14. The van der Waals surface area contributed by atoms with E-state index in [0.29, 0.717) is 0 Å². The fraction of sp³-hybridized carbons (Fsp3) is 0.273. The maximum atomic E-state index is 5.73. The first kappa shape index (κ1) is 8.83. The van der Waals surface area contributed by atoms with Crippen LogP contribution in [-0.4, -0.2) is 0 Å². The molecule has 0 aliphatic carbocycles. The van der Waals surface area contributed by atoms with E-state index in [-0.39, 0.29) is 6.04 Å². The molecule has 0 radical (unpaired) electrons. The maximum Gasteiger partial charge on any atom is 0.0920 e. The van der Waals surface area contributed by atoms with Gasteiger partial charge in [0.05, 0.1) is 6.04 Å². The van der Waals surface area contributed by atoms with E-state index in [1.165, 1.54) is 11.1 Å². The summed E-state index contributed by atoms with van der Waals surface area (Å²) in [4.78, 5) is 0. The van der Waals surface area contributed by atoms with E-state index in [1.54, 1.807) is 0 Å². The van der Waals surface area contributed by atoms with Gasteiger partial charge in [-0.3, -0.25) is 0 Å². The van der Waals surface area contributed by atoms with Crippen molar-refractivity contribution in [3.05, 3.63) is 34.9 Å². The predicted molar refractivity (Wildman–Crippen MR) is 51.7 cm³/mol. The van der Waals surface area contributed by atoms with Crippen LogP contribution in [0.1, 0.15) is 22.7 Å². The molecule has 0 saturated heterocycles. The summed E-state index contributed by atoms with van der Waals surface area (Å²) in [5.74, 6) is 2.53. The van der Waals surface area contributed by atoms with Gasteiger partial charge in [0.2, 0.25) is 0 Å². The van der Waals surface area contributed by atoms with Crippen molar-refractivity contribution in [2.45, 2.75) is 19.9 Å². The highest BCUT2D eigenvalue weighted by molar-refractivity contribution is 5.37. The Morgan fingerprint density at radius 3 is 2.67 bits per heavy atom. The Morgan fingerprint density at radius 2 is 2.08 bits per heavy atom. The zero-order valence-corrected chi connectivity index (χ0v) is 7.46. The van der Waals surface area contributed by atoms with Crippen LogP contribution in [0, 0.1) is 26.2 Å². The molecule has 0 aromatic heterocycles. The normalized spacial score (nSPS) is 12.2. The van der Waals surface area contributed by atoms with Gasteiger partial charge < -0.3 is 5.73 Å². The molecule has 0 heterocycles. The Bertz CT molecular complexity index is 320. The average Bonchev–Trinajstić information content (AvgIpc) is 2.08. The van der Waals surface area contributed by atoms with E-state index in [4.69, 9.17) is 12.2 Å². The summed E-state index contributed by atoms with van der Waals surface area (Å²) >= 11 is 0. The smallest absolute Gasteiger partial charge is 0.0920 e. The Labute approximate surface area is 73.6 Å². The van der Waals surface area contributed by atoms with Crippen molar-refractivity contribution >= 4 is 0 Å². The van der Waals surface area contributed by atoms with Crippen molar-refractivity contribution in [3.8, 4) is 12.3 Å². The van der Waals surface area contributed by atoms with Crippen LogP contribution in [0.2, 0.25) is 0 Å². The lowest BCUT2D eigenvalue weighted by atomic mass is 9.98. The van der Waals surface area contributed by atoms with E-state index in [2.05, 4.69) is 18.9 Å². The van der Waals surface area contributed by atoms with Gasteiger partial charge in [-0.05, 0) is 30.5 Å². The van der Waals surface area contributed by atoms with Crippen LogP contribution in [0.5, 0.6) is 0 Å². The molecule has 1 rings (SSSR count). The van der Waals surface area contributed by atoms with Crippen LogP contribution in [-0.2, 0) is 0 Å². The Balaban J connectivity index is 3.18. The highest BCUT2D eigenvalue weighted by Crippen LogP contribution is 2.17. The highest BCUT2D eigenvalue weighted by Gasteiger charge is 2.05. The predicted octanol–water partition coefficient (Wildman–Crippen LogP) is 1.94. The van der Waals surface area contributed by atoms with Crippen LogP contribution in [0.4, 0.5) is 0 Å². The third-order valence-electron chi connectivity index (χ3n) is 2.16. The van der Waals surface area contributed by atoms with Gasteiger partial charge in [0.25, 0.3) is 0 Å². The average molecular weight is 159 g/mol. The molecule has 2 N–H and O–H groups in total. The zero-order valence-electron chi connectivity index (χ0n) is 7.46. The summed E-state index contributed by atoms with van der Waals surface area (Å²) in [6.07, 6.45) is 5.25. The van der Waals surface area contributed by atoms with E-state index in [9.17, 15) is 0 Å². The minimum atomic E-state index is -0.273. The minimum Gasteiger partial charge on any atom is -0.314 e. The maximum absolute atomic E-state index is 5.73. The summed E-state index contributed by atoms with van der Waals surface area (Å²) in [7, 11) is 0. The molecule has 0 amide bonds. The summed E-state index contributed by atoms with van der Waals surface area (Å²) < 4.78 is 0. The molecule has 12 heavy (non-hydrogen) atoms. The van der Waals surface area contributed by atoms with Gasteiger partial charge in [0, 0.05) is 0 Å². The second-order valence-electron chi connectivity index (χ2n) is 2.93. The number of rotatable bonds is 1. The fourth-order valence-corrected chi connectivity index (χ4v) is 1.20. The van der Waals surface area contributed by atoms with E-state index in [1.807, 2.05) is 19.1 Å². The molecule has 1 atom stereocenters. The number of aryl methyl sites for hydroxylation is 1. The summed E-state index contributed by atoms with van der Waals surface area (Å²) in [6, 6.07) is 5.74. The van der Waals surface area contributed by atoms with Crippen LogP contribution in [0.15, 0.2) is 18.2 Å². The number of hydrogen-bond acceptors (Lipinski definition) is 1. The third-order valence-corrected chi connectivity index (χ3v) is 2.16. The molecule has 0 aliphatic heterocycles. The molecule has 62 valence electrons. The topological polar surface area (TPSA) is 26.0 Å². The lowest BCUT2D eigenvalue weighted by Crippen LogP contribution is -2.09. The van der Waals surface area contributed by atoms with Crippen molar-refractivity contribution in [2.75, 3.05) is 0 Å². The lowest BCUT2D eigenvalue weighted by Gasteiger charge is -2.10. The third kappa shape index (κ3) is 1.49. The van der Waals surface area contributed by atoms with E-state index in [0.717, 1.165) is 5.56 Å². The molecule has 1 unspecified atom stereocenters. The summed E-state index contributed by atoms with van der Waals surface area (Å²) in [5, 5.41) is 0. The van der Waals surface area contributed by atoms with Crippen molar-refractivity contribution < 1.29 is 0 Å². The standard InChI is InChI=1S/C11H13N/c1-4-11(12)10-7-5-6-8(2)9(10)3/h1,5-7,11H,12H2,2-3H3. The molecular formula is C11H13N. The minimum absolute atomic E-state index is 0.273. The van der Waals surface area contributed by atoms with Crippen molar-refractivity contribution in [1.29, 1.82) is 0 Å². The molecule has 1 aromatic rings. The molecule has 0 bridgehead atoms. The van der Waals surface area contributed by atoms with Crippen molar-refractivity contribution in [2.24, 2.45) is 5.73 Å². The SMILES string of the molecule is C#CC(N)c1cccc(C)c1C. The molecule has 0 aliphatic rings. The number of terminal acetylenes is 1. The molecule has 1 heteroatoms. The van der Waals surface area contributed by atoms with Crippen LogP contribution >= 0.6 is 0 Å². The van der Waals surface area contributed by atoms with Gasteiger partial charge in [0.1, 0.15) is 0 Å². The Kier molecular flexibility index (Phi) is 2.52. The van der Waals surface area contributed by atoms with Gasteiger partial charge >= 0.3 is 0 Å². The van der Waals surface area contributed by atoms with Crippen molar-refractivity contribution in [1.82, 2.24) is 0 Å². The first-order valence-electron chi connectivity index (χ1n) is 3.94. The number of hydrogen-bond donors (Lipinski definition) is 1. The highest BCUT2D eigenvalue weighted by atomic mass is 14.6. The molecule has 0 fully saturated rings. The van der Waals surface area contributed by atoms with Crippen LogP contribution < -0.4 is 5.73 Å². The molecule has 0 spiro atoms. The van der Waals surface area contributed by atoms with E-state index >= 15 is 0 Å². The lowest BCUT2D eigenvalue weighted by molar-refractivity contribution is 0.928. The van der Waals surface area contributed by atoms with Gasteiger partial charge in [-0.25, -0.2) is 0 Å². The van der Waals surface area contributed by atoms with Gasteiger partial charge in [-0.1, -0.05) is 24.1 Å². The van der Waals surface area contributed by atoms with Gasteiger partial charge in [0.15, 0.2) is 0 Å². The molecular weight excluding hydrogens is 146 g/mol. The van der Waals surface area contributed by atoms with E-state index < -0.39 is 0 Å². The largest absolute Gasteiger partial charge is 0.314 e. The second-order valence-corrected chi connectivity index (χ2v) is 2.93. The number of benzene rings is 1. The Hall–Kier alpha value is -1.26. The molecule has 1 aromatic carbocycles. The van der Waals surface area contributed by atoms with Crippen molar-refractivity contribution in [3.63, 3.8) is 0 Å². The van der Waals surface area contributed by atoms with Crippen LogP contribution in [0.25, 0.3) is 0 Å². The number of nitrogens with two attached hydrogens (primary N) is 1. The van der Waals surface area contributed by atoms with Gasteiger partial charge in [-0.15, -0.1) is 6.42 Å². The fourth-order valence-electron chi connectivity index (χ4n) is 1.20. The summed E-state index contributed by atoms with van der Waals surface area (Å²) in [5.41, 5.74) is 9.21. The molecule has 1 nitrogen and oxygen atoms in total. The monoisotopic (exact) mass is 159 g/mol.